The van der Waals surface area contributed by atoms with Gasteiger partial charge in [-0.25, -0.2) is 9.78 Å². The van der Waals surface area contributed by atoms with Crippen LogP contribution in [0, 0.1) is 0 Å². The lowest BCUT2D eigenvalue weighted by molar-refractivity contribution is 0.101. The molecule has 0 radical (unpaired) electrons. The van der Waals surface area contributed by atoms with Gasteiger partial charge in [0.1, 0.15) is 5.82 Å². The molecule has 0 aliphatic heterocycles. The number of nitrogens with zero attached hydrogens (tertiary/aromatic N) is 3. The monoisotopic (exact) mass is 503 g/mol. The van der Waals surface area contributed by atoms with E-state index in [1.807, 2.05) is 0 Å². The molecule has 37 heavy (non-hydrogen) atoms. The summed E-state index contributed by atoms with van der Waals surface area (Å²) in [5.74, 6) is -0.233. The predicted molar refractivity (Wildman–Crippen MR) is 140 cm³/mol. The van der Waals surface area contributed by atoms with Gasteiger partial charge in [-0.1, -0.05) is 18.2 Å². The first kappa shape index (κ1) is 25.2. The maximum atomic E-state index is 13.6. The molecular weight excluding hydrogens is 478 g/mol. The Morgan fingerprint density at radius 2 is 1.68 bits per heavy atom. The first-order valence-electron chi connectivity index (χ1n) is 11.1. The van der Waals surface area contributed by atoms with E-state index in [0.29, 0.717) is 28.3 Å². The lowest BCUT2D eigenvalue weighted by Gasteiger charge is -2.18. The highest BCUT2D eigenvalue weighted by Crippen LogP contribution is 2.37. The first-order valence-corrected chi connectivity index (χ1v) is 11.1. The second-order valence-electron chi connectivity index (χ2n) is 8.31. The lowest BCUT2D eigenvalue weighted by Crippen LogP contribution is -2.38. The van der Waals surface area contributed by atoms with Crippen LogP contribution in [0.25, 0.3) is 22.2 Å². The van der Waals surface area contributed by atoms with Crippen LogP contribution >= 0.6 is 0 Å². The molecule has 3 N–H and O–H groups in total. The third-order valence-electron chi connectivity index (χ3n) is 6.04. The summed E-state index contributed by atoms with van der Waals surface area (Å²) in [4.78, 5) is 55.7. The SMILES string of the molecule is COc1ccc(-c2c(C(=O)Nc3cccc(C(C)=O)c3)c(N)nc3c2c(=O)n(C)c(=O)n3C)cc1OC. The highest BCUT2D eigenvalue weighted by molar-refractivity contribution is 6.16. The van der Waals surface area contributed by atoms with Crippen molar-refractivity contribution in [2.75, 3.05) is 25.3 Å². The van der Waals surface area contributed by atoms with E-state index in [1.165, 1.54) is 45.9 Å². The number of carbonyl (C=O) groups excluding carboxylic acids is 2. The molecule has 0 unspecified atom stereocenters. The standard InChI is InChI=1S/C26H25N5O6/c1-13(32)14-7-6-8-16(11-14)28-24(33)20-19(15-9-10-17(36-4)18(12-15)37-5)21-23(29-22(20)27)30(2)26(35)31(3)25(21)34/h6-12H,1-5H3,(H2,27,29)(H,28,33). The zero-order chi connectivity index (χ0) is 27.0. The molecule has 0 saturated heterocycles. The number of rotatable bonds is 6. The number of Topliss-reactive ketones (excluding diaryl/α,β-unsaturated/α-hetero) is 1. The number of ether oxygens (including phenoxy) is 2. The van der Waals surface area contributed by atoms with Crippen molar-refractivity contribution >= 4 is 34.2 Å². The Morgan fingerprint density at radius 1 is 0.973 bits per heavy atom. The average Bonchev–Trinajstić information content (AvgIpc) is 2.89. The molecule has 11 nitrogen and oxygen atoms in total. The van der Waals surface area contributed by atoms with Crippen LogP contribution in [0.5, 0.6) is 11.5 Å². The number of aryl methyl sites for hydroxylation is 1. The quantitative estimate of drug-likeness (QED) is 0.381. The van der Waals surface area contributed by atoms with Crippen molar-refractivity contribution in [1.82, 2.24) is 14.1 Å². The highest BCUT2D eigenvalue weighted by Gasteiger charge is 2.26. The molecule has 0 fully saturated rings. The molecule has 1 amide bonds. The molecule has 0 spiro atoms. The summed E-state index contributed by atoms with van der Waals surface area (Å²) in [6.45, 7) is 1.42. The Labute approximate surface area is 211 Å². The molecule has 0 saturated carbocycles. The topological polar surface area (TPSA) is 148 Å². The summed E-state index contributed by atoms with van der Waals surface area (Å²) in [5.41, 5.74) is 6.32. The van der Waals surface area contributed by atoms with Gasteiger partial charge in [0.15, 0.2) is 22.9 Å². The van der Waals surface area contributed by atoms with Crippen LogP contribution in [0.3, 0.4) is 0 Å². The Morgan fingerprint density at radius 3 is 2.32 bits per heavy atom. The van der Waals surface area contributed by atoms with E-state index in [2.05, 4.69) is 10.3 Å². The van der Waals surface area contributed by atoms with Gasteiger partial charge in [-0.05, 0) is 36.8 Å². The molecule has 4 rings (SSSR count). The van der Waals surface area contributed by atoms with E-state index < -0.39 is 17.2 Å². The minimum Gasteiger partial charge on any atom is -0.493 e. The van der Waals surface area contributed by atoms with Crippen molar-refractivity contribution in [2.45, 2.75) is 6.92 Å². The number of methoxy groups -OCH3 is 2. The Kier molecular flexibility index (Phi) is 6.54. The molecule has 0 aliphatic rings. The number of aromatic nitrogens is 3. The first-order chi connectivity index (χ1) is 17.6. The minimum absolute atomic E-state index is 0.0190. The number of ketones is 1. The van der Waals surface area contributed by atoms with Crippen LogP contribution in [0.2, 0.25) is 0 Å². The molecule has 2 aromatic carbocycles. The fourth-order valence-corrected chi connectivity index (χ4v) is 4.13. The van der Waals surface area contributed by atoms with Gasteiger partial charge in [0.25, 0.3) is 11.5 Å². The molecule has 4 aromatic rings. The second-order valence-corrected chi connectivity index (χ2v) is 8.31. The molecular formula is C26H25N5O6. The van der Waals surface area contributed by atoms with Crippen LogP contribution in [0.15, 0.2) is 52.1 Å². The smallest absolute Gasteiger partial charge is 0.332 e. The average molecular weight is 504 g/mol. The number of benzene rings is 2. The molecule has 11 heteroatoms. The molecule has 0 atom stereocenters. The fraction of sp³-hybridized carbons (Fsp3) is 0.192. The molecule has 0 aliphatic carbocycles. The van der Waals surface area contributed by atoms with Crippen molar-refractivity contribution in [3.63, 3.8) is 0 Å². The van der Waals surface area contributed by atoms with Gasteiger partial charge >= 0.3 is 5.69 Å². The normalized spacial score (nSPS) is 10.8. The maximum Gasteiger partial charge on any atom is 0.332 e. The van der Waals surface area contributed by atoms with Gasteiger partial charge in [0.2, 0.25) is 0 Å². The Hall–Kier alpha value is -4.93. The molecule has 190 valence electrons. The summed E-state index contributed by atoms with van der Waals surface area (Å²) in [6, 6.07) is 11.3. The number of nitrogens with one attached hydrogen (secondary N) is 1. The van der Waals surface area contributed by atoms with E-state index in [9.17, 15) is 19.2 Å². The molecule has 2 heterocycles. The summed E-state index contributed by atoms with van der Waals surface area (Å²) >= 11 is 0. The lowest BCUT2D eigenvalue weighted by atomic mass is 9.96. The molecule has 2 aromatic heterocycles. The third-order valence-corrected chi connectivity index (χ3v) is 6.04. The predicted octanol–water partition coefficient (Wildman–Crippen LogP) is 2.35. The van der Waals surface area contributed by atoms with Crippen molar-refractivity contribution < 1.29 is 19.1 Å². The number of fused-ring (bicyclic) bond motifs is 1. The molecule has 0 bridgehead atoms. The van der Waals surface area contributed by atoms with E-state index in [4.69, 9.17) is 15.2 Å². The largest absolute Gasteiger partial charge is 0.493 e. The number of anilines is 2. The number of amides is 1. The van der Waals surface area contributed by atoms with E-state index in [-0.39, 0.29) is 33.8 Å². The zero-order valence-electron chi connectivity index (χ0n) is 20.9. The third kappa shape index (κ3) is 4.31. The maximum absolute atomic E-state index is 13.6. The number of hydrogen-bond acceptors (Lipinski definition) is 8. The number of hydrogen-bond donors (Lipinski definition) is 2. The van der Waals surface area contributed by atoms with Crippen LogP contribution in [-0.4, -0.2) is 40.0 Å². The highest BCUT2D eigenvalue weighted by atomic mass is 16.5. The summed E-state index contributed by atoms with van der Waals surface area (Å²) in [5, 5.41) is 2.76. The summed E-state index contributed by atoms with van der Waals surface area (Å²) < 4.78 is 12.9. The van der Waals surface area contributed by atoms with Crippen LogP contribution in [0.4, 0.5) is 11.5 Å². The van der Waals surface area contributed by atoms with E-state index >= 15 is 0 Å². The van der Waals surface area contributed by atoms with Gasteiger partial charge in [0, 0.05) is 30.9 Å². The summed E-state index contributed by atoms with van der Waals surface area (Å²) in [6.07, 6.45) is 0. The van der Waals surface area contributed by atoms with Crippen molar-refractivity contribution in [3.05, 3.63) is 74.4 Å². The van der Waals surface area contributed by atoms with E-state index in [1.54, 1.807) is 36.4 Å². The number of pyridine rings is 1. The van der Waals surface area contributed by atoms with Crippen molar-refractivity contribution in [1.29, 1.82) is 0 Å². The van der Waals surface area contributed by atoms with Gasteiger partial charge in [-0.2, -0.15) is 0 Å². The number of nitrogen functional groups attached to an aromatic ring is 1. The minimum atomic E-state index is -0.659. The van der Waals surface area contributed by atoms with Crippen molar-refractivity contribution in [2.24, 2.45) is 14.1 Å². The summed E-state index contributed by atoms with van der Waals surface area (Å²) in [7, 11) is 5.74. The van der Waals surface area contributed by atoms with Gasteiger partial charge in [-0.3, -0.25) is 23.5 Å². The Bertz CT molecular complexity index is 1700. The zero-order valence-corrected chi connectivity index (χ0v) is 20.9. The number of nitrogens with two attached hydrogens (primary N) is 1. The van der Waals surface area contributed by atoms with Crippen LogP contribution in [-0.2, 0) is 14.1 Å². The van der Waals surface area contributed by atoms with Crippen LogP contribution in [0.1, 0.15) is 27.6 Å². The number of carbonyl (C=O) groups is 2. The Balaban J connectivity index is 2.06. The van der Waals surface area contributed by atoms with Gasteiger partial charge < -0.3 is 20.5 Å². The van der Waals surface area contributed by atoms with Crippen LogP contribution < -0.4 is 31.8 Å². The second kappa shape index (κ2) is 9.61. The van der Waals surface area contributed by atoms with Gasteiger partial charge in [-0.15, -0.1) is 0 Å². The van der Waals surface area contributed by atoms with E-state index in [0.717, 1.165) is 4.57 Å². The fourth-order valence-electron chi connectivity index (χ4n) is 4.13. The van der Waals surface area contributed by atoms with Gasteiger partial charge in [0.05, 0.1) is 25.2 Å². The van der Waals surface area contributed by atoms with Crippen molar-refractivity contribution in [3.8, 4) is 22.6 Å².